The molecule has 1 aliphatic rings. The number of hydrogen-bond acceptors (Lipinski definition) is 3. The van der Waals surface area contributed by atoms with Gasteiger partial charge in [0.2, 0.25) is 5.91 Å². The van der Waals surface area contributed by atoms with E-state index in [4.69, 9.17) is 11.6 Å². The predicted molar refractivity (Wildman–Crippen MR) is 78.0 cm³/mol. The zero-order valence-corrected chi connectivity index (χ0v) is 12.2. The number of aryl methyl sites for hydroxylation is 1. The van der Waals surface area contributed by atoms with Crippen molar-refractivity contribution in [2.24, 2.45) is 0 Å². The number of amides is 2. The molecule has 0 aliphatic carbocycles. The molecule has 2 rings (SSSR count). The Morgan fingerprint density at radius 1 is 1.35 bits per heavy atom. The second-order valence-corrected chi connectivity index (χ2v) is 5.13. The van der Waals surface area contributed by atoms with Crippen LogP contribution in [0.3, 0.4) is 0 Å². The van der Waals surface area contributed by atoms with Crippen molar-refractivity contribution in [3.63, 3.8) is 0 Å². The fourth-order valence-corrected chi connectivity index (χ4v) is 2.31. The van der Waals surface area contributed by atoms with Crippen LogP contribution in [-0.2, 0) is 4.79 Å². The first-order chi connectivity index (χ1) is 9.59. The molecule has 20 heavy (non-hydrogen) atoms. The number of benzene rings is 1. The Balaban J connectivity index is 1.91. The predicted octanol–water partition coefficient (Wildman–Crippen LogP) is 0.810. The molecule has 0 saturated carbocycles. The fourth-order valence-electron chi connectivity index (χ4n) is 2.10. The number of halogens is 1. The number of piperazine rings is 1. The minimum absolute atomic E-state index is 0.00308. The van der Waals surface area contributed by atoms with Gasteiger partial charge in [-0.05, 0) is 18.6 Å². The summed E-state index contributed by atoms with van der Waals surface area (Å²) >= 11 is 6.09. The van der Waals surface area contributed by atoms with Gasteiger partial charge in [0.05, 0.1) is 17.1 Å². The minimum Gasteiger partial charge on any atom is -0.343 e. The smallest absolute Gasteiger partial charge is 0.253 e. The van der Waals surface area contributed by atoms with E-state index < -0.39 is 0 Å². The van der Waals surface area contributed by atoms with E-state index in [2.05, 4.69) is 10.6 Å². The molecule has 1 fully saturated rings. The topological polar surface area (TPSA) is 61.4 Å². The van der Waals surface area contributed by atoms with E-state index in [0.717, 1.165) is 18.7 Å². The van der Waals surface area contributed by atoms with Gasteiger partial charge in [-0.15, -0.1) is 0 Å². The molecule has 0 bridgehead atoms. The van der Waals surface area contributed by atoms with Crippen LogP contribution in [0.4, 0.5) is 0 Å². The number of carbonyl (C=O) groups excluding carboxylic acids is 2. The van der Waals surface area contributed by atoms with Crippen molar-refractivity contribution in [3.05, 3.63) is 34.3 Å². The summed E-state index contributed by atoms with van der Waals surface area (Å²) in [5.74, 6) is -0.384. The molecule has 1 aromatic carbocycles. The maximum atomic E-state index is 12.0. The highest BCUT2D eigenvalue weighted by atomic mass is 35.5. The lowest BCUT2D eigenvalue weighted by Gasteiger charge is -2.27. The lowest BCUT2D eigenvalue weighted by molar-refractivity contribution is -0.130. The lowest BCUT2D eigenvalue weighted by atomic mass is 10.1. The second-order valence-electron chi connectivity index (χ2n) is 4.75. The molecule has 1 saturated heterocycles. The maximum Gasteiger partial charge on any atom is 0.253 e. The molecule has 0 radical (unpaired) electrons. The van der Waals surface area contributed by atoms with Crippen LogP contribution < -0.4 is 10.6 Å². The Hall–Kier alpha value is -1.59. The molecule has 0 spiro atoms. The zero-order valence-electron chi connectivity index (χ0n) is 11.4. The van der Waals surface area contributed by atoms with Gasteiger partial charge >= 0.3 is 0 Å². The summed E-state index contributed by atoms with van der Waals surface area (Å²) in [5.41, 5.74) is 1.24. The summed E-state index contributed by atoms with van der Waals surface area (Å²) in [6.45, 7) is 4.79. The second kappa shape index (κ2) is 6.72. The average Bonchev–Trinajstić information content (AvgIpc) is 2.48. The third-order valence-electron chi connectivity index (χ3n) is 3.31. The molecule has 1 heterocycles. The van der Waals surface area contributed by atoms with Crippen molar-refractivity contribution in [2.45, 2.75) is 6.92 Å². The molecular formula is C14H18ClN3O2. The van der Waals surface area contributed by atoms with Gasteiger partial charge in [0, 0.05) is 26.2 Å². The van der Waals surface area contributed by atoms with Crippen LogP contribution in [0.15, 0.2) is 18.2 Å². The quantitative estimate of drug-likeness (QED) is 0.867. The number of rotatable bonds is 3. The van der Waals surface area contributed by atoms with Gasteiger partial charge in [-0.25, -0.2) is 0 Å². The largest absolute Gasteiger partial charge is 0.343 e. The fraction of sp³-hybridized carbons (Fsp3) is 0.429. The maximum absolute atomic E-state index is 12.0. The van der Waals surface area contributed by atoms with Gasteiger partial charge in [-0.2, -0.15) is 0 Å². The number of nitrogens with zero attached hydrogens (tertiary/aromatic N) is 1. The van der Waals surface area contributed by atoms with Crippen LogP contribution in [0.5, 0.6) is 0 Å². The molecule has 0 atom stereocenters. The molecular weight excluding hydrogens is 278 g/mol. The monoisotopic (exact) mass is 295 g/mol. The van der Waals surface area contributed by atoms with Crippen LogP contribution in [0.1, 0.15) is 15.9 Å². The summed E-state index contributed by atoms with van der Waals surface area (Å²) in [6.07, 6.45) is 0. The van der Waals surface area contributed by atoms with Gasteiger partial charge < -0.3 is 15.5 Å². The Morgan fingerprint density at radius 2 is 2.05 bits per heavy atom. The standard InChI is InChI=1S/C14H18ClN3O2/c1-10-3-2-4-11(13(10)15)14(20)17-9-12(19)18-7-5-16-6-8-18/h2-4,16H,5-9H2,1H3,(H,17,20). The Labute approximate surface area is 123 Å². The molecule has 1 aliphatic heterocycles. The summed E-state index contributed by atoms with van der Waals surface area (Å²) in [5, 5.41) is 6.23. The molecule has 0 unspecified atom stereocenters. The molecule has 5 nitrogen and oxygen atoms in total. The highest BCUT2D eigenvalue weighted by molar-refractivity contribution is 6.34. The SMILES string of the molecule is Cc1cccc(C(=O)NCC(=O)N2CCNCC2)c1Cl. The summed E-state index contributed by atoms with van der Waals surface area (Å²) < 4.78 is 0. The summed E-state index contributed by atoms with van der Waals surface area (Å²) in [7, 11) is 0. The minimum atomic E-state index is -0.317. The van der Waals surface area contributed by atoms with E-state index in [-0.39, 0.29) is 18.4 Å². The van der Waals surface area contributed by atoms with Gasteiger partial charge in [0.25, 0.3) is 5.91 Å². The molecule has 2 N–H and O–H groups in total. The van der Waals surface area contributed by atoms with Crippen molar-refractivity contribution < 1.29 is 9.59 Å². The van der Waals surface area contributed by atoms with Gasteiger partial charge in [0.1, 0.15) is 0 Å². The van der Waals surface area contributed by atoms with Crippen molar-refractivity contribution in [1.82, 2.24) is 15.5 Å². The third-order valence-corrected chi connectivity index (χ3v) is 3.81. The van der Waals surface area contributed by atoms with Crippen LogP contribution in [0, 0.1) is 6.92 Å². The van der Waals surface area contributed by atoms with Gasteiger partial charge in [0.15, 0.2) is 0 Å². The molecule has 108 valence electrons. The molecule has 2 amide bonds. The Bertz CT molecular complexity index is 513. The van der Waals surface area contributed by atoms with Crippen molar-refractivity contribution in [3.8, 4) is 0 Å². The molecule has 1 aromatic rings. The number of hydrogen-bond donors (Lipinski definition) is 2. The van der Waals surface area contributed by atoms with E-state index in [9.17, 15) is 9.59 Å². The van der Waals surface area contributed by atoms with E-state index in [0.29, 0.717) is 23.7 Å². The van der Waals surface area contributed by atoms with Crippen LogP contribution in [0.25, 0.3) is 0 Å². The van der Waals surface area contributed by atoms with E-state index in [1.807, 2.05) is 13.0 Å². The van der Waals surface area contributed by atoms with Gasteiger partial charge in [-0.3, -0.25) is 9.59 Å². The first kappa shape index (κ1) is 14.8. The van der Waals surface area contributed by atoms with E-state index in [1.54, 1.807) is 17.0 Å². The molecule has 6 heteroatoms. The highest BCUT2D eigenvalue weighted by Gasteiger charge is 2.18. The zero-order chi connectivity index (χ0) is 14.5. The Morgan fingerprint density at radius 3 is 2.75 bits per heavy atom. The van der Waals surface area contributed by atoms with Crippen molar-refractivity contribution in [1.29, 1.82) is 0 Å². The van der Waals surface area contributed by atoms with E-state index >= 15 is 0 Å². The van der Waals surface area contributed by atoms with Gasteiger partial charge in [-0.1, -0.05) is 23.7 Å². The molecule has 0 aromatic heterocycles. The summed E-state index contributed by atoms with van der Waals surface area (Å²) in [6, 6.07) is 5.26. The number of nitrogens with one attached hydrogen (secondary N) is 2. The van der Waals surface area contributed by atoms with E-state index in [1.165, 1.54) is 0 Å². The average molecular weight is 296 g/mol. The first-order valence-electron chi connectivity index (χ1n) is 6.61. The van der Waals surface area contributed by atoms with Crippen LogP contribution >= 0.6 is 11.6 Å². The van der Waals surface area contributed by atoms with Crippen molar-refractivity contribution in [2.75, 3.05) is 32.7 Å². The van der Waals surface area contributed by atoms with Crippen LogP contribution in [0.2, 0.25) is 5.02 Å². The normalized spacial score (nSPS) is 15.0. The summed E-state index contributed by atoms with van der Waals surface area (Å²) in [4.78, 5) is 25.7. The van der Waals surface area contributed by atoms with Crippen LogP contribution in [-0.4, -0.2) is 49.4 Å². The number of carbonyl (C=O) groups is 2. The lowest BCUT2D eigenvalue weighted by Crippen LogP contribution is -2.49. The first-order valence-corrected chi connectivity index (χ1v) is 6.99. The Kier molecular flexibility index (Phi) is 4.98. The van der Waals surface area contributed by atoms with Crippen molar-refractivity contribution >= 4 is 23.4 Å². The third kappa shape index (κ3) is 3.49. The highest BCUT2D eigenvalue weighted by Crippen LogP contribution is 2.19.